The molecule has 1 aromatic heterocycles. The van der Waals surface area contributed by atoms with Crippen molar-refractivity contribution in [1.82, 2.24) is 9.97 Å². The molecule has 0 saturated heterocycles. The molecule has 3 rings (SSSR count). The average molecular weight is 374 g/mol. The predicted molar refractivity (Wildman–Crippen MR) is 114 cm³/mol. The number of benzene rings is 2. The summed E-state index contributed by atoms with van der Waals surface area (Å²) in [6.45, 7) is 9.28. The molecule has 28 heavy (non-hydrogen) atoms. The largest absolute Gasteiger partial charge is 0.325 e. The van der Waals surface area contributed by atoms with Gasteiger partial charge in [0.05, 0.1) is 12.4 Å². The van der Waals surface area contributed by atoms with Gasteiger partial charge in [-0.05, 0) is 42.2 Å². The van der Waals surface area contributed by atoms with Crippen LogP contribution in [0.15, 0.2) is 67.0 Å². The van der Waals surface area contributed by atoms with Crippen LogP contribution in [-0.2, 0) is 5.41 Å². The van der Waals surface area contributed by atoms with Gasteiger partial charge in [-0.2, -0.15) is 0 Å². The molecule has 1 amide bonds. The molecule has 0 saturated carbocycles. The first-order valence-electron chi connectivity index (χ1n) is 9.45. The summed E-state index contributed by atoms with van der Waals surface area (Å²) in [6, 6.07) is 17.9. The van der Waals surface area contributed by atoms with E-state index in [-0.39, 0.29) is 17.0 Å². The van der Waals surface area contributed by atoms with E-state index in [0.717, 1.165) is 17.9 Å². The molecule has 0 fully saturated rings. The fourth-order valence-electron chi connectivity index (χ4n) is 2.91. The lowest BCUT2D eigenvalue weighted by atomic mass is 9.87. The molecule has 0 aliphatic carbocycles. The normalized spacial score (nSPS) is 11.1. The van der Waals surface area contributed by atoms with E-state index < -0.39 is 0 Å². The molecule has 1 N–H and O–H groups in total. The van der Waals surface area contributed by atoms with Gasteiger partial charge >= 0.3 is 0 Å². The first-order valence-corrected chi connectivity index (χ1v) is 9.45. The van der Waals surface area contributed by atoms with E-state index >= 15 is 0 Å². The molecule has 144 valence electrons. The summed E-state index contributed by atoms with van der Waals surface area (Å²) in [4.78, 5) is 23.3. The molecule has 5 nitrogen and oxygen atoms in total. The van der Waals surface area contributed by atoms with Gasteiger partial charge in [-0.25, -0.2) is 9.97 Å². The minimum absolute atomic E-state index is 0.0771. The fraction of sp³-hybridized carbons (Fsp3) is 0.261. The molecule has 1 heterocycles. The monoisotopic (exact) mass is 374 g/mol. The summed E-state index contributed by atoms with van der Waals surface area (Å²) in [5.74, 6) is 0.435. The molecule has 0 spiro atoms. The number of para-hydroxylation sites is 1. The zero-order chi connectivity index (χ0) is 20.1. The van der Waals surface area contributed by atoms with Crippen molar-refractivity contribution < 1.29 is 4.79 Å². The average Bonchev–Trinajstić information content (AvgIpc) is 2.69. The smallest absolute Gasteiger partial charge is 0.275 e. The predicted octanol–water partition coefficient (Wildman–Crippen LogP) is 5.18. The van der Waals surface area contributed by atoms with Gasteiger partial charge in [-0.1, -0.05) is 51.1 Å². The van der Waals surface area contributed by atoms with E-state index in [9.17, 15) is 4.79 Å². The van der Waals surface area contributed by atoms with Crippen LogP contribution in [0.3, 0.4) is 0 Å². The van der Waals surface area contributed by atoms with Gasteiger partial charge in [0.2, 0.25) is 0 Å². The summed E-state index contributed by atoms with van der Waals surface area (Å²) in [6.07, 6.45) is 3.15. The Hall–Kier alpha value is -3.21. The third kappa shape index (κ3) is 4.55. The van der Waals surface area contributed by atoms with Crippen LogP contribution in [0.5, 0.6) is 0 Å². The number of anilines is 3. The van der Waals surface area contributed by atoms with Crippen LogP contribution < -0.4 is 10.2 Å². The van der Waals surface area contributed by atoms with Crippen molar-refractivity contribution in [1.29, 1.82) is 0 Å². The van der Waals surface area contributed by atoms with E-state index in [1.54, 1.807) is 6.20 Å². The number of amides is 1. The van der Waals surface area contributed by atoms with Crippen molar-refractivity contribution in [2.75, 3.05) is 16.8 Å². The highest BCUT2D eigenvalue weighted by Gasteiger charge is 2.15. The van der Waals surface area contributed by atoms with E-state index in [1.165, 1.54) is 11.8 Å². The maximum absolute atomic E-state index is 12.5. The van der Waals surface area contributed by atoms with Gasteiger partial charge < -0.3 is 10.2 Å². The van der Waals surface area contributed by atoms with E-state index in [0.29, 0.717) is 5.82 Å². The first-order chi connectivity index (χ1) is 13.4. The van der Waals surface area contributed by atoms with Crippen LogP contribution in [0.25, 0.3) is 0 Å². The summed E-state index contributed by atoms with van der Waals surface area (Å²) < 4.78 is 0. The van der Waals surface area contributed by atoms with Crippen molar-refractivity contribution in [3.63, 3.8) is 0 Å². The van der Waals surface area contributed by atoms with Gasteiger partial charge in [-0.3, -0.25) is 4.79 Å². The number of carbonyl (C=O) groups excluding carboxylic acids is 1. The number of carbonyl (C=O) groups is 1. The topological polar surface area (TPSA) is 58.1 Å². The number of aromatic nitrogens is 2. The highest BCUT2D eigenvalue weighted by molar-refractivity contribution is 6.02. The number of nitrogens with zero attached hydrogens (tertiary/aromatic N) is 3. The number of rotatable bonds is 5. The van der Waals surface area contributed by atoms with Crippen molar-refractivity contribution in [2.45, 2.75) is 33.1 Å². The first kappa shape index (κ1) is 19.5. The Morgan fingerprint density at radius 3 is 2.18 bits per heavy atom. The van der Waals surface area contributed by atoms with Crippen molar-refractivity contribution >= 4 is 23.1 Å². The van der Waals surface area contributed by atoms with E-state index in [2.05, 4.69) is 43.0 Å². The van der Waals surface area contributed by atoms with Crippen LogP contribution in [0.4, 0.5) is 17.2 Å². The molecule has 0 bridgehead atoms. The molecule has 3 aromatic rings. The Balaban J connectivity index is 1.71. The second-order valence-corrected chi connectivity index (χ2v) is 7.62. The van der Waals surface area contributed by atoms with Gasteiger partial charge in [0.15, 0.2) is 5.82 Å². The van der Waals surface area contributed by atoms with Crippen molar-refractivity contribution in [3.05, 3.63) is 78.2 Å². The number of hydrogen-bond donors (Lipinski definition) is 1. The van der Waals surface area contributed by atoms with Crippen LogP contribution in [0, 0.1) is 0 Å². The molecular formula is C23H26N4O. The molecule has 0 radical (unpaired) electrons. The lowest BCUT2D eigenvalue weighted by Crippen LogP contribution is -2.19. The molecule has 5 heteroatoms. The third-order valence-corrected chi connectivity index (χ3v) is 4.54. The second kappa shape index (κ2) is 8.21. The standard InChI is InChI=1S/C23H26N4O/c1-5-27(19-9-7-6-8-10-19)21-16-24-20(15-25-21)22(28)26-18-13-11-17(12-14-18)23(2,3)4/h6-16H,5H2,1-4H3,(H,26,28). The summed E-state index contributed by atoms with van der Waals surface area (Å²) in [5, 5.41) is 2.88. The zero-order valence-corrected chi connectivity index (χ0v) is 16.8. The van der Waals surface area contributed by atoms with Gasteiger partial charge in [-0.15, -0.1) is 0 Å². The molecule has 0 aliphatic rings. The Labute approximate surface area is 166 Å². The minimum atomic E-state index is -0.273. The third-order valence-electron chi connectivity index (χ3n) is 4.54. The SMILES string of the molecule is CCN(c1ccccc1)c1cnc(C(=O)Nc2ccc(C(C)(C)C)cc2)cn1. The maximum atomic E-state index is 12.5. The Morgan fingerprint density at radius 2 is 1.64 bits per heavy atom. The van der Waals surface area contributed by atoms with Crippen molar-refractivity contribution in [3.8, 4) is 0 Å². The van der Waals surface area contributed by atoms with Crippen LogP contribution >= 0.6 is 0 Å². The highest BCUT2D eigenvalue weighted by Crippen LogP contribution is 2.24. The van der Waals surface area contributed by atoms with Crippen molar-refractivity contribution in [2.24, 2.45) is 0 Å². The summed E-state index contributed by atoms with van der Waals surface area (Å²) in [5.41, 5.74) is 3.36. The Morgan fingerprint density at radius 1 is 0.964 bits per heavy atom. The Bertz CT molecular complexity index is 914. The molecule has 0 unspecified atom stereocenters. The molecule has 0 aliphatic heterocycles. The second-order valence-electron chi connectivity index (χ2n) is 7.62. The minimum Gasteiger partial charge on any atom is -0.325 e. The lowest BCUT2D eigenvalue weighted by molar-refractivity contribution is 0.102. The zero-order valence-electron chi connectivity index (χ0n) is 16.8. The van der Waals surface area contributed by atoms with Gasteiger partial charge in [0.25, 0.3) is 5.91 Å². The maximum Gasteiger partial charge on any atom is 0.275 e. The highest BCUT2D eigenvalue weighted by atomic mass is 16.1. The number of nitrogens with one attached hydrogen (secondary N) is 1. The molecule has 2 aromatic carbocycles. The van der Waals surface area contributed by atoms with Crippen LogP contribution in [0.1, 0.15) is 43.7 Å². The summed E-state index contributed by atoms with van der Waals surface area (Å²) in [7, 11) is 0. The summed E-state index contributed by atoms with van der Waals surface area (Å²) >= 11 is 0. The van der Waals surface area contributed by atoms with Crippen LogP contribution in [0.2, 0.25) is 0 Å². The quantitative estimate of drug-likeness (QED) is 0.668. The van der Waals surface area contributed by atoms with Gasteiger partial charge in [0, 0.05) is 17.9 Å². The van der Waals surface area contributed by atoms with E-state index in [1.807, 2.05) is 59.5 Å². The molecule has 0 atom stereocenters. The van der Waals surface area contributed by atoms with E-state index in [4.69, 9.17) is 0 Å². The van der Waals surface area contributed by atoms with Crippen LogP contribution in [-0.4, -0.2) is 22.4 Å². The lowest BCUT2D eigenvalue weighted by Gasteiger charge is -2.21. The Kier molecular flexibility index (Phi) is 5.73. The fourth-order valence-corrected chi connectivity index (χ4v) is 2.91. The number of hydrogen-bond acceptors (Lipinski definition) is 4. The van der Waals surface area contributed by atoms with Gasteiger partial charge in [0.1, 0.15) is 5.69 Å². The molecular weight excluding hydrogens is 348 g/mol.